The van der Waals surface area contributed by atoms with Crippen molar-refractivity contribution in [2.75, 3.05) is 11.9 Å². The van der Waals surface area contributed by atoms with Gasteiger partial charge in [-0.3, -0.25) is 4.79 Å². The number of anilines is 1. The van der Waals surface area contributed by atoms with E-state index in [1.807, 2.05) is 45.0 Å². The molecule has 0 radical (unpaired) electrons. The topological polar surface area (TPSA) is 88.4 Å². The van der Waals surface area contributed by atoms with Crippen LogP contribution >= 0.6 is 0 Å². The fourth-order valence-electron chi connectivity index (χ4n) is 2.63. The first-order valence-corrected chi connectivity index (χ1v) is 9.04. The molecule has 0 aliphatic carbocycles. The summed E-state index contributed by atoms with van der Waals surface area (Å²) in [5.41, 5.74) is 3.22. The summed E-state index contributed by atoms with van der Waals surface area (Å²) in [6.07, 6.45) is -0.884. The van der Waals surface area contributed by atoms with Crippen LogP contribution in [0.4, 0.5) is 5.69 Å². The molecule has 0 aliphatic rings. The number of nitriles is 1. The number of amides is 1. The number of hydrogen-bond donors (Lipinski definition) is 1. The minimum Gasteiger partial charge on any atom is -0.479 e. The second kappa shape index (κ2) is 9.56. The molecule has 6 heteroatoms. The molecule has 0 heterocycles. The first kappa shape index (κ1) is 21.0. The van der Waals surface area contributed by atoms with Crippen LogP contribution in [0.5, 0.6) is 5.75 Å². The molecule has 2 aromatic rings. The molecular formula is C22H24N2O4. The monoisotopic (exact) mass is 380 g/mol. The Morgan fingerprint density at radius 1 is 1.11 bits per heavy atom. The lowest BCUT2D eigenvalue weighted by Gasteiger charge is -2.17. The summed E-state index contributed by atoms with van der Waals surface area (Å²) in [6.45, 7) is 7.16. The lowest BCUT2D eigenvalue weighted by atomic mass is 9.98. The highest BCUT2D eigenvalue weighted by Crippen LogP contribution is 2.27. The molecule has 0 aromatic heterocycles. The maximum atomic E-state index is 12.2. The van der Waals surface area contributed by atoms with E-state index in [9.17, 15) is 9.59 Å². The minimum absolute atomic E-state index is 0.249. The summed E-state index contributed by atoms with van der Waals surface area (Å²) in [4.78, 5) is 24.3. The van der Waals surface area contributed by atoms with Gasteiger partial charge in [0.05, 0.1) is 11.6 Å². The fraction of sp³-hybridized carbons (Fsp3) is 0.318. The molecule has 1 amide bonds. The predicted octanol–water partition coefficient (Wildman–Crippen LogP) is 3.94. The van der Waals surface area contributed by atoms with Crippen molar-refractivity contribution < 1.29 is 19.1 Å². The van der Waals surface area contributed by atoms with Gasteiger partial charge in [0.15, 0.2) is 12.7 Å². The lowest BCUT2D eigenvalue weighted by Crippen LogP contribution is -2.30. The van der Waals surface area contributed by atoms with E-state index in [1.165, 1.54) is 6.92 Å². The minimum atomic E-state index is -0.884. The highest BCUT2D eigenvalue weighted by molar-refractivity contribution is 5.94. The third-order valence-corrected chi connectivity index (χ3v) is 4.17. The maximum Gasteiger partial charge on any atom is 0.347 e. The van der Waals surface area contributed by atoms with E-state index >= 15 is 0 Å². The van der Waals surface area contributed by atoms with Gasteiger partial charge in [0, 0.05) is 5.69 Å². The van der Waals surface area contributed by atoms with Gasteiger partial charge in [0.25, 0.3) is 5.91 Å². The van der Waals surface area contributed by atoms with Crippen molar-refractivity contribution in [1.29, 1.82) is 5.26 Å². The van der Waals surface area contributed by atoms with Crippen molar-refractivity contribution in [1.82, 2.24) is 0 Å². The van der Waals surface area contributed by atoms with E-state index in [4.69, 9.17) is 14.7 Å². The highest BCUT2D eigenvalue weighted by atomic mass is 16.6. The first-order chi connectivity index (χ1) is 13.3. The molecule has 1 N–H and O–H groups in total. The number of benzene rings is 2. The number of carbonyl (C=O) groups is 2. The Balaban J connectivity index is 1.90. The quantitative estimate of drug-likeness (QED) is 0.735. The van der Waals surface area contributed by atoms with Crippen LogP contribution in [-0.2, 0) is 14.3 Å². The molecular weight excluding hydrogens is 356 g/mol. The molecule has 0 aliphatic heterocycles. The zero-order chi connectivity index (χ0) is 20.7. The van der Waals surface area contributed by atoms with E-state index in [-0.39, 0.29) is 5.92 Å². The van der Waals surface area contributed by atoms with Crippen LogP contribution in [0.2, 0.25) is 0 Å². The van der Waals surface area contributed by atoms with Gasteiger partial charge in [-0.1, -0.05) is 32.0 Å². The largest absolute Gasteiger partial charge is 0.479 e. The highest BCUT2D eigenvalue weighted by Gasteiger charge is 2.19. The van der Waals surface area contributed by atoms with Gasteiger partial charge in [0.1, 0.15) is 5.75 Å². The number of ether oxygens (including phenoxy) is 2. The summed E-state index contributed by atoms with van der Waals surface area (Å²) in [5, 5.41) is 11.6. The summed E-state index contributed by atoms with van der Waals surface area (Å²) >= 11 is 0. The Bertz CT molecular complexity index is 882. The van der Waals surface area contributed by atoms with Crippen molar-refractivity contribution in [3.05, 3.63) is 59.2 Å². The van der Waals surface area contributed by atoms with Crippen molar-refractivity contribution in [3.63, 3.8) is 0 Å². The molecule has 2 aromatic carbocycles. The van der Waals surface area contributed by atoms with Gasteiger partial charge in [-0.25, -0.2) is 4.79 Å². The molecule has 1 atom stereocenters. The number of rotatable bonds is 7. The van der Waals surface area contributed by atoms with Crippen LogP contribution in [0, 0.1) is 18.3 Å². The number of esters is 1. The summed E-state index contributed by atoms with van der Waals surface area (Å²) in [5.74, 6) is -0.364. The van der Waals surface area contributed by atoms with Crippen LogP contribution < -0.4 is 10.1 Å². The van der Waals surface area contributed by atoms with E-state index in [2.05, 4.69) is 5.32 Å². The number of nitrogens with one attached hydrogen (secondary N) is 1. The Morgan fingerprint density at radius 3 is 2.39 bits per heavy atom. The summed E-state index contributed by atoms with van der Waals surface area (Å²) in [6, 6.07) is 14.2. The maximum absolute atomic E-state index is 12.2. The zero-order valence-corrected chi connectivity index (χ0v) is 16.5. The number of nitrogens with zero attached hydrogens (tertiary/aromatic N) is 1. The number of aryl methyl sites for hydroxylation is 1. The van der Waals surface area contributed by atoms with Crippen molar-refractivity contribution in [2.24, 2.45) is 0 Å². The van der Waals surface area contributed by atoms with Crippen molar-refractivity contribution in [2.45, 2.75) is 39.7 Å². The normalized spacial score (nSPS) is 11.4. The molecule has 0 bridgehead atoms. The Morgan fingerprint density at radius 2 is 1.79 bits per heavy atom. The predicted molar refractivity (Wildman–Crippen MR) is 106 cm³/mol. The number of hydrogen-bond acceptors (Lipinski definition) is 5. The second-order valence-electron chi connectivity index (χ2n) is 6.75. The van der Waals surface area contributed by atoms with E-state index in [0.717, 1.165) is 16.8 Å². The molecule has 0 saturated heterocycles. The van der Waals surface area contributed by atoms with Gasteiger partial charge in [-0.15, -0.1) is 0 Å². The third-order valence-electron chi connectivity index (χ3n) is 4.17. The fourth-order valence-corrected chi connectivity index (χ4v) is 2.63. The van der Waals surface area contributed by atoms with Gasteiger partial charge in [-0.2, -0.15) is 5.26 Å². The zero-order valence-electron chi connectivity index (χ0n) is 16.5. The Labute approximate surface area is 165 Å². The molecule has 0 saturated carbocycles. The molecule has 2 rings (SSSR count). The van der Waals surface area contributed by atoms with Gasteiger partial charge in [0.2, 0.25) is 0 Å². The number of para-hydroxylation sites is 1. The second-order valence-corrected chi connectivity index (χ2v) is 6.75. The average molecular weight is 380 g/mol. The molecule has 0 unspecified atom stereocenters. The molecule has 146 valence electrons. The van der Waals surface area contributed by atoms with E-state index in [0.29, 0.717) is 11.3 Å². The molecule has 28 heavy (non-hydrogen) atoms. The van der Waals surface area contributed by atoms with Gasteiger partial charge >= 0.3 is 5.97 Å². The molecule has 0 spiro atoms. The van der Waals surface area contributed by atoms with Crippen LogP contribution in [0.25, 0.3) is 0 Å². The summed E-state index contributed by atoms with van der Waals surface area (Å²) in [7, 11) is 0. The average Bonchev–Trinajstić information content (AvgIpc) is 2.68. The SMILES string of the molecule is Cc1cccc(C(C)C)c1NC(=O)COC(=O)[C@H](C)Oc1ccc(C#N)cc1. The van der Waals surface area contributed by atoms with Gasteiger partial charge < -0.3 is 14.8 Å². The van der Waals surface area contributed by atoms with Crippen molar-refractivity contribution in [3.8, 4) is 11.8 Å². The van der Waals surface area contributed by atoms with Crippen molar-refractivity contribution >= 4 is 17.6 Å². The lowest BCUT2D eigenvalue weighted by molar-refractivity contribution is -0.153. The molecule has 6 nitrogen and oxygen atoms in total. The van der Waals surface area contributed by atoms with Crippen LogP contribution in [0.3, 0.4) is 0 Å². The first-order valence-electron chi connectivity index (χ1n) is 9.04. The van der Waals surface area contributed by atoms with E-state index < -0.39 is 24.6 Å². The standard InChI is InChI=1S/C22H24N2O4/c1-14(2)19-7-5-6-15(3)21(19)24-20(25)13-27-22(26)16(4)28-18-10-8-17(12-23)9-11-18/h5-11,14,16H,13H2,1-4H3,(H,24,25)/t16-/m0/s1. The number of carbonyl (C=O) groups excluding carboxylic acids is 2. The van der Waals surface area contributed by atoms with Crippen LogP contribution in [0.1, 0.15) is 43.4 Å². The Kier molecular flexibility index (Phi) is 7.16. The van der Waals surface area contributed by atoms with Gasteiger partial charge in [-0.05, 0) is 55.2 Å². The molecule has 0 fully saturated rings. The third kappa shape index (κ3) is 5.58. The summed E-state index contributed by atoms with van der Waals surface area (Å²) < 4.78 is 10.5. The van der Waals surface area contributed by atoms with Crippen LogP contribution in [-0.4, -0.2) is 24.6 Å². The van der Waals surface area contributed by atoms with Crippen LogP contribution in [0.15, 0.2) is 42.5 Å². The van der Waals surface area contributed by atoms with E-state index in [1.54, 1.807) is 24.3 Å². The smallest absolute Gasteiger partial charge is 0.347 e. The Hall–Kier alpha value is -3.33.